The minimum absolute atomic E-state index is 0.738. The molecule has 0 atom stereocenters. The van der Waals surface area contributed by atoms with Gasteiger partial charge in [0.15, 0.2) is 0 Å². The fourth-order valence-electron chi connectivity index (χ4n) is 0.910. The van der Waals surface area contributed by atoms with Crippen molar-refractivity contribution in [2.45, 2.75) is 13.8 Å². The van der Waals surface area contributed by atoms with E-state index in [1.807, 2.05) is 18.7 Å². The van der Waals surface area contributed by atoms with Crippen LogP contribution in [0, 0.1) is 5.92 Å². The predicted octanol–water partition coefficient (Wildman–Crippen LogP) is 1.76. The van der Waals surface area contributed by atoms with Crippen LogP contribution in [0.25, 0.3) is 0 Å². The van der Waals surface area contributed by atoms with Gasteiger partial charge in [-0.15, -0.1) is 11.8 Å². The second kappa shape index (κ2) is 4.78. The molecule has 0 spiro atoms. The lowest BCUT2D eigenvalue weighted by atomic mass is 10.2. The van der Waals surface area contributed by atoms with Crippen molar-refractivity contribution < 1.29 is 4.74 Å². The van der Waals surface area contributed by atoms with Crippen LogP contribution in [0.5, 0.6) is 0 Å². The highest BCUT2D eigenvalue weighted by atomic mass is 32.2. The van der Waals surface area contributed by atoms with E-state index < -0.39 is 0 Å². The molecule has 2 nitrogen and oxygen atoms in total. The molecule has 0 amide bonds. The molecule has 0 unspecified atom stereocenters. The van der Waals surface area contributed by atoms with E-state index in [1.165, 1.54) is 11.0 Å². The molecule has 1 heterocycles. The first kappa shape index (κ1) is 9.07. The van der Waals surface area contributed by atoms with Crippen LogP contribution >= 0.6 is 11.8 Å². The number of aliphatic imine (C=N–C) groups is 1. The van der Waals surface area contributed by atoms with E-state index in [-0.39, 0.29) is 0 Å². The first-order chi connectivity index (χ1) is 5.34. The summed E-state index contributed by atoms with van der Waals surface area (Å²) in [4.78, 5) is 4.35. The van der Waals surface area contributed by atoms with Crippen molar-refractivity contribution in [3.63, 3.8) is 0 Å². The maximum Gasteiger partial charge on any atom is 0.0769 e. The second-order valence-corrected chi connectivity index (χ2v) is 3.54. The molecule has 0 N–H and O–H groups in total. The van der Waals surface area contributed by atoms with E-state index in [2.05, 4.69) is 11.9 Å². The maximum absolute atomic E-state index is 5.28. The van der Waals surface area contributed by atoms with Crippen LogP contribution in [0.1, 0.15) is 13.8 Å². The van der Waals surface area contributed by atoms with Crippen molar-refractivity contribution in [2.75, 3.05) is 25.5 Å². The molecule has 0 fully saturated rings. The van der Waals surface area contributed by atoms with Gasteiger partial charge in [0.25, 0.3) is 0 Å². The number of nitrogens with zero attached hydrogens (tertiary/aromatic N) is 1. The SMILES string of the molecule is CCOC[C](C)C1=NCCS1. The Balaban J connectivity index is 2.23. The van der Waals surface area contributed by atoms with Crippen LogP contribution < -0.4 is 0 Å². The summed E-state index contributed by atoms with van der Waals surface area (Å²) in [6, 6.07) is 0. The van der Waals surface area contributed by atoms with Crippen molar-refractivity contribution >= 4 is 16.8 Å². The Kier molecular flexibility index (Phi) is 3.94. The van der Waals surface area contributed by atoms with Gasteiger partial charge in [0.2, 0.25) is 0 Å². The maximum atomic E-state index is 5.28. The summed E-state index contributed by atoms with van der Waals surface area (Å²) in [6.07, 6.45) is 0. The number of hydrogen-bond donors (Lipinski definition) is 0. The Morgan fingerprint density at radius 3 is 3.09 bits per heavy atom. The highest BCUT2D eigenvalue weighted by Crippen LogP contribution is 2.20. The number of ether oxygens (including phenoxy) is 1. The summed E-state index contributed by atoms with van der Waals surface area (Å²) in [6.45, 7) is 6.60. The molecule has 0 aromatic rings. The number of thioether (sulfide) groups is 1. The quantitative estimate of drug-likeness (QED) is 0.644. The van der Waals surface area contributed by atoms with Crippen molar-refractivity contribution in [3.05, 3.63) is 5.92 Å². The van der Waals surface area contributed by atoms with Crippen LogP contribution in [0.4, 0.5) is 0 Å². The molecular weight excluding hydrogens is 158 g/mol. The molecule has 0 aromatic heterocycles. The van der Waals surface area contributed by atoms with Gasteiger partial charge in [-0.1, -0.05) is 6.92 Å². The molecule has 1 radical (unpaired) electrons. The Labute approximate surface area is 72.4 Å². The fourth-order valence-corrected chi connectivity index (χ4v) is 1.77. The Morgan fingerprint density at radius 2 is 2.55 bits per heavy atom. The molecule has 0 saturated carbocycles. The minimum atomic E-state index is 0.738. The van der Waals surface area contributed by atoms with Gasteiger partial charge in [0, 0.05) is 18.9 Å². The van der Waals surface area contributed by atoms with Crippen LogP contribution in [-0.4, -0.2) is 30.6 Å². The smallest absolute Gasteiger partial charge is 0.0769 e. The predicted molar refractivity (Wildman–Crippen MR) is 50.2 cm³/mol. The molecular formula is C8H14NOS. The molecule has 0 saturated heterocycles. The molecule has 1 aliphatic rings. The lowest BCUT2D eigenvalue weighted by Gasteiger charge is -2.08. The summed E-state index contributed by atoms with van der Waals surface area (Å²) in [7, 11) is 0. The summed E-state index contributed by atoms with van der Waals surface area (Å²) in [5.41, 5.74) is 0. The highest BCUT2D eigenvalue weighted by molar-refractivity contribution is 8.14. The molecule has 0 aromatic carbocycles. The van der Waals surface area contributed by atoms with Gasteiger partial charge >= 0.3 is 0 Å². The van der Waals surface area contributed by atoms with E-state index in [0.717, 1.165) is 25.5 Å². The molecule has 1 aliphatic heterocycles. The van der Waals surface area contributed by atoms with Crippen LogP contribution in [0.2, 0.25) is 0 Å². The van der Waals surface area contributed by atoms with Crippen molar-refractivity contribution in [3.8, 4) is 0 Å². The third kappa shape index (κ3) is 2.83. The van der Waals surface area contributed by atoms with Gasteiger partial charge in [-0.05, 0) is 6.92 Å². The molecule has 3 heteroatoms. The average molecular weight is 172 g/mol. The Morgan fingerprint density at radius 1 is 1.73 bits per heavy atom. The van der Waals surface area contributed by atoms with Crippen LogP contribution in [-0.2, 0) is 4.74 Å². The molecule has 11 heavy (non-hydrogen) atoms. The number of hydrogen-bond acceptors (Lipinski definition) is 3. The average Bonchev–Trinajstić information content (AvgIpc) is 2.52. The largest absolute Gasteiger partial charge is 0.381 e. The van der Waals surface area contributed by atoms with Gasteiger partial charge in [-0.2, -0.15) is 0 Å². The molecule has 63 valence electrons. The normalized spacial score (nSPS) is 17.5. The van der Waals surface area contributed by atoms with E-state index in [1.54, 1.807) is 0 Å². The van der Waals surface area contributed by atoms with E-state index in [0.29, 0.717) is 0 Å². The van der Waals surface area contributed by atoms with E-state index in [9.17, 15) is 0 Å². The Bertz CT molecular complexity index is 147. The third-order valence-corrected chi connectivity index (χ3v) is 2.61. The highest BCUT2D eigenvalue weighted by Gasteiger charge is 2.15. The summed E-state index contributed by atoms with van der Waals surface area (Å²) in [5, 5.41) is 1.19. The summed E-state index contributed by atoms with van der Waals surface area (Å²) >= 11 is 1.83. The van der Waals surface area contributed by atoms with E-state index in [4.69, 9.17) is 4.74 Å². The van der Waals surface area contributed by atoms with E-state index >= 15 is 0 Å². The van der Waals surface area contributed by atoms with Gasteiger partial charge in [-0.3, -0.25) is 4.99 Å². The van der Waals surface area contributed by atoms with Crippen molar-refractivity contribution in [1.29, 1.82) is 0 Å². The number of rotatable bonds is 4. The van der Waals surface area contributed by atoms with Gasteiger partial charge in [-0.25, -0.2) is 0 Å². The molecule has 0 bridgehead atoms. The first-order valence-corrected chi connectivity index (χ1v) is 4.91. The minimum Gasteiger partial charge on any atom is -0.381 e. The molecule has 1 rings (SSSR count). The zero-order valence-electron chi connectivity index (χ0n) is 7.09. The standard InChI is InChI=1S/C8H14NOS/c1-3-10-6-7(2)8-9-4-5-11-8/h3-6H2,1-2H3. The van der Waals surface area contributed by atoms with Crippen molar-refractivity contribution in [2.24, 2.45) is 4.99 Å². The van der Waals surface area contributed by atoms with Gasteiger partial charge in [0.05, 0.1) is 17.6 Å². The van der Waals surface area contributed by atoms with Gasteiger partial charge in [0.1, 0.15) is 0 Å². The summed E-state index contributed by atoms with van der Waals surface area (Å²) in [5.74, 6) is 2.41. The first-order valence-electron chi connectivity index (χ1n) is 3.92. The zero-order valence-corrected chi connectivity index (χ0v) is 7.91. The third-order valence-electron chi connectivity index (χ3n) is 1.47. The van der Waals surface area contributed by atoms with Gasteiger partial charge < -0.3 is 4.74 Å². The summed E-state index contributed by atoms with van der Waals surface area (Å²) < 4.78 is 5.28. The monoisotopic (exact) mass is 172 g/mol. The van der Waals surface area contributed by atoms with Crippen molar-refractivity contribution in [1.82, 2.24) is 0 Å². The van der Waals surface area contributed by atoms with Crippen LogP contribution in [0.3, 0.4) is 0 Å². The topological polar surface area (TPSA) is 21.6 Å². The fraction of sp³-hybridized carbons (Fsp3) is 0.750. The lowest BCUT2D eigenvalue weighted by molar-refractivity contribution is 0.164. The second-order valence-electron chi connectivity index (χ2n) is 2.45. The zero-order chi connectivity index (χ0) is 8.10. The lowest BCUT2D eigenvalue weighted by Crippen LogP contribution is -2.10. The molecule has 0 aliphatic carbocycles. The van der Waals surface area contributed by atoms with Crippen LogP contribution in [0.15, 0.2) is 4.99 Å². The Hall–Kier alpha value is -0.0200.